The van der Waals surface area contributed by atoms with Gasteiger partial charge in [-0.2, -0.15) is 0 Å². The first-order valence-corrected chi connectivity index (χ1v) is 14.0. The molecule has 5 N–H and O–H groups in total. The Bertz CT molecular complexity index is 460. The molecule has 0 heterocycles. The van der Waals surface area contributed by atoms with Crippen LogP contribution in [0.2, 0.25) is 0 Å². The lowest BCUT2D eigenvalue weighted by Crippen LogP contribution is -2.59. The van der Waals surface area contributed by atoms with Crippen LogP contribution in [0.25, 0.3) is 0 Å². The molecule has 0 fully saturated rings. The molecule has 0 rings (SSSR count). The highest BCUT2D eigenvalue weighted by Crippen LogP contribution is 2.29. The first-order valence-electron chi connectivity index (χ1n) is 15.4. The quantitative estimate of drug-likeness (QED) is 0.105. The van der Waals surface area contributed by atoms with Crippen LogP contribution in [-0.4, -0.2) is 69.3 Å². The number of aliphatic hydroxyl groups is 5. The van der Waals surface area contributed by atoms with Gasteiger partial charge in [0, 0.05) is 9.35 Å². The topological polar surface area (TPSA) is 110 Å². The van der Waals surface area contributed by atoms with Crippen molar-refractivity contribution in [1.82, 2.24) is 0 Å². The molecule has 0 aromatic heterocycles. The maximum absolute atomic E-state index is 11.3. The highest BCUT2D eigenvalue weighted by molar-refractivity contribution is 4.97. The second kappa shape index (κ2) is 23.2. The van der Waals surface area contributed by atoms with Gasteiger partial charge >= 0.3 is 0 Å². The third-order valence-electron chi connectivity index (χ3n) is 6.80. The fourth-order valence-electron chi connectivity index (χ4n) is 4.54. The third-order valence-corrected chi connectivity index (χ3v) is 6.80. The van der Waals surface area contributed by atoms with Gasteiger partial charge in [-0.1, -0.05) is 123 Å². The fraction of sp³-hybridized carbons (Fsp3) is 1.00. The van der Waals surface area contributed by atoms with Crippen molar-refractivity contribution in [3.05, 3.63) is 0 Å². The number of hydrogen-bond acceptors (Lipinski definition) is 6. The summed E-state index contributed by atoms with van der Waals surface area (Å²) in [6, 6.07) is 0. The van der Waals surface area contributed by atoms with Crippen LogP contribution in [0.15, 0.2) is 0 Å². The van der Waals surface area contributed by atoms with Gasteiger partial charge in [0.2, 0.25) is 0 Å². The van der Waals surface area contributed by atoms with E-state index in [1.54, 1.807) is 0 Å². The van der Waals surface area contributed by atoms with Gasteiger partial charge in [-0.05, 0) is 12.8 Å². The molecule has 0 aliphatic carbocycles. The molecule has 0 saturated heterocycles. The van der Waals surface area contributed by atoms with Crippen molar-refractivity contribution in [3.8, 4) is 0 Å². The van der Waals surface area contributed by atoms with E-state index in [4.69, 9.17) is 7.48 Å². The zero-order chi connectivity index (χ0) is 26.9. The molecule has 0 aliphatic rings. The van der Waals surface area contributed by atoms with Gasteiger partial charge in [-0.15, -0.1) is 0 Å². The van der Waals surface area contributed by atoms with Gasteiger partial charge in [0.05, 0.1) is 13.2 Å². The lowest BCUT2D eigenvalue weighted by molar-refractivity contribution is -0.211. The molecule has 0 aliphatic heterocycles. The van der Waals surface area contributed by atoms with Gasteiger partial charge < -0.3 is 30.3 Å². The minimum atomic E-state index is -1.83. The normalized spacial score (nSPS) is 17.1. The summed E-state index contributed by atoms with van der Waals surface area (Å²) in [5.41, 5.74) is -1.83. The van der Waals surface area contributed by atoms with E-state index >= 15 is 0 Å². The molecule has 0 saturated carbocycles. The standard InChI is InChI=1S/C28H58O6/c1-3-5-7-9-11-13-15-17-19-21-28(33,26(32)24-30)27(25(31)23-29)34-22-20-18-16-14-12-10-8-6-4-2/h25-27,29-33H,3-24H2,1-2H3/t25-,26-,27-,28-/m1/s1/i1D,2D. The molecular formula is C28H58O6. The van der Waals surface area contributed by atoms with Crippen molar-refractivity contribution < 1.29 is 33.0 Å². The molecule has 4 atom stereocenters. The van der Waals surface area contributed by atoms with Crippen LogP contribution in [0, 0.1) is 0 Å². The summed E-state index contributed by atoms with van der Waals surface area (Å²) < 4.78 is 20.2. The minimum Gasteiger partial charge on any atom is -0.394 e. The molecule has 0 spiro atoms. The second-order valence-electron chi connectivity index (χ2n) is 9.84. The van der Waals surface area contributed by atoms with Crippen LogP contribution in [0.5, 0.6) is 0 Å². The van der Waals surface area contributed by atoms with E-state index in [2.05, 4.69) is 0 Å². The monoisotopic (exact) mass is 492 g/mol. The largest absolute Gasteiger partial charge is 0.394 e. The molecule has 34 heavy (non-hydrogen) atoms. The predicted octanol–water partition coefficient (Wildman–Crippen LogP) is 5.26. The first-order chi connectivity index (χ1) is 17.5. The summed E-state index contributed by atoms with van der Waals surface area (Å²) in [5.74, 6) is 0. The SMILES string of the molecule is [2H]CCCCCCCCCCCO[C@H]([C@H](O)CO)[C@@](O)(CCCCCCCCCCC[2H])[C@H](O)CO. The van der Waals surface area contributed by atoms with Crippen molar-refractivity contribution in [3.63, 3.8) is 0 Å². The molecule has 0 radical (unpaired) electrons. The second-order valence-corrected chi connectivity index (χ2v) is 9.84. The van der Waals surface area contributed by atoms with E-state index in [-0.39, 0.29) is 6.42 Å². The molecule has 0 aromatic rings. The predicted molar refractivity (Wildman–Crippen MR) is 140 cm³/mol. The van der Waals surface area contributed by atoms with Crippen LogP contribution < -0.4 is 0 Å². The Morgan fingerprint density at radius 1 is 0.647 bits per heavy atom. The summed E-state index contributed by atoms with van der Waals surface area (Å²) in [6.45, 7) is 0.102. The lowest BCUT2D eigenvalue weighted by Gasteiger charge is -2.41. The van der Waals surface area contributed by atoms with E-state index < -0.39 is 37.1 Å². The van der Waals surface area contributed by atoms with E-state index in [1.807, 2.05) is 0 Å². The number of unbranched alkanes of at least 4 members (excludes halogenated alkanes) is 16. The van der Waals surface area contributed by atoms with Crippen LogP contribution in [-0.2, 0) is 4.74 Å². The van der Waals surface area contributed by atoms with E-state index in [9.17, 15) is 25.5 Å². The Morgan fingerprint density at radius 3 is 1.53 bits per heavy atom. The van der Waals surface area contributed by atoms with Crippen LogP contribution in [0.1, 0.15) is 139 Å². The average molecular weight is 493 g/mol. The minimum absolute atomic E-state index is 0.181. The van der Waals surface area contributed by atoms with Gasteiger partial charge in [0.25, 0.3) is 0 Å². The number of hydrogen-bond donors (Lipinski definition) is 5. The molecular weight excluding hydrogens is 432 g/mol. The van der Waals surface area contributed by atoms with E-state index in [0.717, 1.165) is 77.0 Å². The van der Waals surface area contributed by atoms with Gasteiger partial charge in [0.1, 0.15) is 23.9 Å². The zero-order valence-electron chi connectivity index (χ0n) is 23.8. The van der Waals surface area contributed by atoms with E-state index in [0.29, 0.717) is 26.8 Å². The highest BCUT2D eigenvalue weighted by Gasteiger charge is 2.46. The Morgan fingerprint density at radius 2 is 1.09 bits per heavy atom. The van der Waals surface area contributed by atoms with Crippen LogP contribution in [0.4, 0.5) is 0 Å². The molecule has 6 heteroatoms. The summed E-state index contributed by atoms with van der Waals surface area (Å²) >= 11 is 0. The molecule has 0 aromatic carbocycles. The van der Waals surface area contributed by atoms with Gasteiger partial charge in [-0.25, -0.2) is 0 Å². The smallest absolute Gasteiger partial charge is 0.121 e. The van der Waals surface area contributed by atoms with Gasteiger partial charge in [-0.3, -0.25) is 0 Å². The maximum Gasteiger partial charge on any atom is 0.121 e. The van der Waals surface area contributed by atoms with E-state index in [1.165, 1.54) is 32.1 Å². The number of rotatable bonds is 26. The summed E-state index contributed by atoms with van der Waals surface area (Å²) in [7, 11) is 0. The van der Waals surface area contributed by atoms with Crippen molar-refractivity contribution >= 4 is 0 Å². The fourth-order valence-corrected chi connectivity index (χ4v) is 4.54. The zero-order valence-corrected chi connectivity index (χ0v) is 21.8. The molecule has 6 nitrogen and oxygen atoms in total. The first kappa shape index (κ1) is 30.0. The summed E-state index contributed by atoms with van der Waals surface area (Å²) in [6.07, 6.45) is 15.1. The summed E-state index contributed by atoms with van der Waals surface area (Å²) in [5, 5.41) is 51.2. The Balaban J connectivity index is 4.40. The van der Waals surface area contributed by atoms with Crippen molar-refractivity contribution in [2.45, 2.75) is 160 Å². The maximum atomic E-state index is 11.3. The van der Waals surface area contributed by atoms with Crippen molar-refractivity contribution in [2.24, 2.45) is 0 Å². The molecule has 0 unspecified atom stereocenters. The molecule has 206 valence electrons. The Hall–Kier alpha value is -0.240. The number of ether oxygens (including phenoxy) is 1. The third kappa shape index (κ3) is 15.7. The summed E-state index contributed by atoms with van der Waals surface area (Å²) in [4.78, 5) is 0. The van der Waals surface area contributed by atoms with Crippen LogP contribution in [0.3, 0.4) is 0 Å². The number of aliphatic hydroxyl groups excluding tert-OH is 4. The highest BCUT2D eigenvalue weighted by atomic mass is 16.5. The average Bonchev–Trinajstić information content (AvgIpc) is 2.89. The van der Waals surface area contributed by atoms with Crippen LogP contribution >= 0.6 is 0 Å². The van der Waals surface area contributed by atoms with Crippen molar-refractivity contribution in [1.29, 1.82) is 0 Å². The molecule has 0 amide bonds. The Labute approximate surface area is 212 Å². The lowest BCUT2D eigenvalue weighted by atomic mass is 9.82. The van der Waals surface area contributed by atoms with Crippen molar-refractivity contribution in [2.75, 3.05) is 19.8 Å². The Kier molecular flexibility index (Phi) is 20.4. The van der Waals surface area contributed by atoms with Gasteiger partial charge in [0.15, 0.2) is 0 Å². The molecule has 0 bridgehead atoms.